The highest BCUT2D eigenvalue weighted by atomic mass is 16.5. The predicted octanol–water partition coefficient (Wildman–Crippen LogP) is 4.31. The molecular weight excluding hydrogens is 348 g/mol. The van der Waals surface area contributed by atoms with E-state index in [4.69, 9.17) is 4.74 Å². The lowest BCUT2D eigenvalue weighted by Crippen LogP contribution is -2.33. The van der Waals surface area contributed by atoms with Gasteiger partial charge in [-0.15, -0.1) is 0 Å². The zero-order valence-electron chi connectivity index (χ0n) is 16.8. The first-order chi connectivity index (χ1) is 13.6. The van der Waals surface area contributed by atoms with E-state index in [2.05, 4.69) is 68.2 Å². The highest BCUT2D eigenvalue weighted by Gasteiger charge is 2.29. The molecule has 2 N–H and O–H groups in total. The Bertz CT molecular complexity index is 829. The summed E-state index contributed by atoms with van der Waals surface area (Å²) in [7, 11) is 0. The molecule has 0 radical (unpaired) electrons. The van der Waals surface area contributed by atoms with Gasteiger partial charge in [0.05, 0.1) is 24.9 Å². The summed E-state index contributed by atoms with van der Waals surface area (Å²) in [6.07, 6.45) is 3.05. The summed E-state index contributed by atoms with van der Waals surface area (Å²) >= 11 is 0. The molecule has 0 saturated carbocycles. The van der Waals surface area contributed by atoms with E-state index in [-0.39, 0.29) is 18.8 Å². The number of aliphatic hydroxyl groups is 2. The number of aliphatic hydroxyl groups excluding tert-OH is 2. The van der Waals surface area contributed by atoms with E-state index in [1.807, 2.05) is 0 Å². The molecule has 2 aromatic rings. The van der Waals surface area contributed by atoms with Gasteiger partial charge in [-0.2, -0.15) is 0 Å². The average Bonchev–Trinajstić information content (AvgIpc) is 2.70. The quantitative estimate of drug-likeness (QED) is 0.762. The second kappa shape index (κ2) is 9.89. The van der Waals surface area contributed by atoms with E-state index in [0.29, 0.717) is 12.8 Å². The minimum Gasteiger partial charge on any atom is -0.394 e. The van der Waals surface area contributed by atoms with Crippen molar-refractivity contribution < 1.29 is 14.9 Å². The lowest BCUT2D eigenvalue weighted by molar-refractivity contribution is -0.113. The molecule has 1 saturated heterocycles. The molecule has 2 aromatic carbocycles. The van der Waals surface area contributed by atoms with Crippen molar-refractivity contribution in [2.45, 2.75) is 64.3 Å². The van der Waals surface area contributed by atoms with Crippen LogP contribution in [0.2, 0.25) is 0 Å². The Labute approximate surface area is 168 Å². The van der Waals surface area contributed by atoms with E-state index in [0.717, 1.165) is 30.4 Å². The first-order valence-electron chi connectivity index (χ1n) is 10.2. The number of hydrogen-bond donors (Lipinski definition) is 2. The van der Waals surface area contributed by atoms with Gasteiger partial charge in [0.2, 0.25) is 0 Å². The fourth-order valence-electron chi connectivity index (χ4n) is 3.62. The van der Waals surface area contributed by atoms with Crippen LogP contribution in [0.25, 0.3) is 0 Å². The van der Waals surface area contributed by atoms with Crippen LogP contribution in [-0.4, -0.2) is 29.0 Å². The molecular formula is C25H30O3. The smallest absolute Gasteiger partial charge is 0.0854 e. The molecule has 3 atom stereocenters. The largest absolute Gasteiger partial charge is 0.394 e. The Morgan fingerprint density at radius 1 is 1.11 bits per heavy atom. The van der Waals surface area contributed by atoms with E-state index in [9.17, 15) is 10.2 Å². The summed E-state index contributed by atoms with van der Waals surface area (Å²) in [5, 5.41) is 19.5. The molecule has 3 heteroatoms. The molecule has 0 spiro atoms. The number of hydrogen-bond acceptors (Lipinski definition) is 3. The van der Waals surface area contributed by atoms with Crippen LogP contribution in [0.5, 0.6) is 0 Å². The van der Waals surface area contributed by atoms with E-state index in [1.54, 1.807) is 0 Å². The molecule has 0 unspecified atom stereocenters. The summed E-state index contributed by atoms with van der Waals surface area (Å²) in [4.78, 5) is 0. The molecule has 1 heterocycles. The molecule has 3 nitrogen and oxygen atoms in total. The van der Waals surface area contributed by atoms with Crippen LogP contribution in [0, 0.1) is 18.8 Å². The number of aryl methyl sites for hydroxylation is 1. The van der Waals surface area contributed by atoms with Crippen LogP contribution >= 0.6 is 0 Å². The molecule has 28 heavy (non-hydrogen) atoms. The van der Waals surface area contributed by atoms with E-state index >= 15 is 0 Å². The van der Waals surface area contributed by atoms with Crippen molar-refractivity contribution in [1.82, 2.24) is 0 Å². The molecule has 0 aliphatic carbocycles. The summed E-state index contributed by atoms with van der Waals surface area (Å²) < 4.78 is 5.97. The Morgan fingerprint density at radius 2 is 1.89 bits per heavy atom. The SMILES string of the molecule is CCCC#Cc1ccc(Cc2cc([C@H]3C[C@@H](O)C[C@@H](CO)O3)ccc2C)cc1. The third-order valence-electron chi connectivity index (χ3n) is 5.28. The zero-order valence-corrected chi connectivity index (χ0v) is 16.8. The number of benzene rings is 2. The summed E-state index contributed by atoms with van der Waals surface area (Å²) in [5.41, 5.74) is 5.87. The predicted molar refractivity (Wildman–Crippen MR) is 112 cm³/mol. The Hall–Kier alpha value is -2.12. The third kappa shape index (κ3) is 5.45. The Morgan fingerprint density at radius 3 is 2.61 bits per heavy atom. The Kier molecular flexibility index (Phi) is 7.28. The monoisotopic (exact) mass is 378 g/mol. The second-order valence-corrected chi connectivity index (χ2v) is 7.67. The minimum atomic E-state index is -0.429. The van der Waals surface area contributed by atoms with Gasteiger partial charge in [-0.3, -0.25) is 0 Å². The lowest BCUT2D eigenvalue weighted by atomic mass is 9.92. The molecule has 1 aliphatic heterocycles. The van der Waals surface area contributed by atoms with Crippen LogP contribution in [0.15, 0.2) is 42.5 Å². The van der Waals surface area contributed by atoms with Gasteiger partial charge in [0.25, 0.3) is 0 Å². The number of unbranched alkanes of at least 4 members (excludes halogenated alkanes) is 1. The summed E-state index contributed by atoms with van der Waals surface area (Å²) in [6.45, 7) is 4.20. The molecule has 3 rings (SSSR count). The lowest BCUT2D eigenvalue weighted by Gasteiger charge is -2.32. The first-order valence-corrected chi connectivity index (χ1v) is 10.2. The maximum Gasteiger partial charge on any atom is 0.0854 e. The Balaban J connectivity index is 1.74. The van der Waals surface area contributed by atoms with Crippen molar-refractivity contribution in [2.75, 3.05) is 6.61 Å². The first kappa shape index (κ1) is 20.6. The van der Waals surface area contributed by atoms with Gasteiger partial charge in [-0.05, 0) is 54.2 Å². The fourth-order valence-corrected chi connectivity index (χ4v) is 3.62. The van der Waals surface area contributed by atoms with Crippen molar-refractivity contribution in [3.8, 4) is 11.8 Å². The van der Waals surface area contributed by atoms with Crippen LogP contribution in [0.3, 0.4) is 0 Å². The zero-order chi connectivity index (χ0) is 19.9. The van der Waals surface area contributed by atoms with Gasteiger partial charge in [0.1, 0.15) is 0 Å². The van der Waals surface area contributed by atoms with Crippen LogP contribution < -0.4 is 0 Å². The van der Waals surface area contributed by atoms with E-state index < -0.39 is 6.10 Å². The van der Waals surface area contributed by atoms with Crippen molar-refractivity contribution >= 4 is 0 Å². The maximum absolute atomic E-state index is 10.1. The minimum absolute atomic E-state index is 0.0558. The van der Waals surface area contributed by atoms with Gasteiger partial charge in [-0.1, -0.05) is 49.1 Å². The highest BCUT2D eigenvalue weighted by molar-refractivity contribution is 5.40. The van der Waals surface area contributed by atoms with Crippen molar-refractivity contribution in [3.05, 3.63) is 70.3 Å². The highest BCUT2D eigenvalue weighted by Crippen LogP contribution is 2.32. The van der Waals surface area contributed by atoms with Gasteiger partial charge in [0.15, 0.2) is 0 Å². The standard InChI is InChI=1S/C25H30O3/c1-3-4-5-6-19-8-10-20(11-9-19)13-22-14-21(12-7-18(22)2)25-16-23(27)15-24(17-26)28-25/h7-12,14,23-27H,3-4,13,15-17H2,1-2H3/t23-,24-,25+/m0/s1. The van der Waals surface area contributed by atoms with E-state index in [1.165, 1.54) is 16.7 Å². The molecule has 1 aliphatic rings. The number of ether oxygens (including phenoxy) is 1. The summed E-state index contributed by atoms with van der Waals surface area (Å²) in [6, 6.07) is 14.8. The molecule has 0 bridgehead atoms. The van der Waals surface area contributed by atoms with Gasteiger partial charge in [0, 0.05) is 24.8 Å². The molecule has 0 amide bonds. The van der Waals surface area contributed by atoms with Crippen molar-refractivity contribution in [1.29, 1.82) is 0 Å². The van der Waals surface area contributed by atoms with Crippen LogP contribution in [0.1, 0.15) is 66.5 Å². The maximum atomic E-state index is 10.1. The van der Waals surface area contributed by atoms with Crippen molar-refractivity contribution in [3.63, 3.8) is 0 Å². The van der Waals surface area contributed by atoms with Crippen LogP contribution in [-0.2, 0) is 11.2 Å². The third-order valence-corrected chi connectivity index (χ3v) is 5.28. The molecule has 1 fully saturated rings. The van der Waals surface area contributed by atoms with Gasteiger partial charge < -0.3 is 14.9 Å². The second-order valence-electron chi connectivity index (χ2n) is 7.67. The van der Waals surface area contributed by atoms with Gasteiger partial charge >= 0.3 is 0 Å². The average molecular weight is 379 g/mol. The number of rotatable bonds is 5. The summed E-state index contributed by atoms with van der Waals surface area (Å²) in [5.74, 6) is 6.39. The fraction of sp³-hybridized carbons (Fsp3) is 0.440. The van der Waals surface area contributed by atoms with Crippen LogP contribution in [0.4, 0.5) is 0 Å². The molecule has 148 valence electrons. The van der Waals surface area contributed by atoms with Gasteiger partial charge in [-0.25, -0.2) is 0 Å². The topological polar surface area (TPSA) is 49.7 Å². The molecule has 0 aromatic heterocycles. The van der Waals surface area contributed by atoms with Crippen molar-refractivity contribution in [2.24, 2.45) is 0 Å². The normalized spacial score (nSPS) is 21.8.